The van der Waals surface area contributed by atoms with Crippen molar-refractivity contribution in [3.63, 3.8) is 0 Å². The Morgan fingerprint density at radius 1 is 1.06 bits per heavy atom. The highest BCUT2D eigenvalue weighted by Crippen LogP contribution is 2.24. The van der Waals surface area contributed by atoms with Crippen LogP contribution in [0.2, 0.25) is 0 Å². The highest BCUT2D eigenvalue weighted by atomic mass is 16.5. The molecule has 1 fully saturated rings. The molecule has 1 unspecified atom stereocenters. The number of anilines is 1. The summed E-state index contributed by atoms with van der Waals surface area (Å²) in [4.78, 5) is 18.0. The summed E-state index contributed by atoms with van der Waals surface area (Å²) < 4.78 is 6.12. The average molecular weight is 418 g/mol. The summed E-state index contributed by atoms with van der Waals surface area (Å²) in [6, 6.07) is 13.0. The van der Waals surface area contributed by atoms with Crippen LogP contribution >= 0.6 is 0 Å². The summed E-state index contributed by atoms with van der Waals surface area (Å²) in [6.45, 7) is 7.46. The Labute approximate surface area is 184 Å². The Bertz CT molecular complexity index is 1020. The fraction of sp³-hybridized carbons (Fsp3) is 0.400. The van der Waals surface area contributed by atoms with E-state index >= 15 is 0 Å². The standard InChI is InChI=1S/C25H31N5O/c1-18-7-5-6-8-22(18)12-20-11-19(2)28-23(13-20)24-17-30(9-10-31-24)16-21-14-26-25(27-15-21)29(3)4/h5-8,11,13-15,24H,9-10,12,16-17H2,1-4H3. The van der Waals surface area contributed by atoms with Gasteiger partial charge >= 0.3 is 0 Å². The smallest absolute Gasteiger partial charge is 0.224 e. The van der Waals surface area contributed by atoms with Crippen molar-refractivity contribution in [2.75, 3.05) is 38.7 Å². The molecule has 1 atom stereocenters. The topological polar surface area (TPSA) is 54.4 Å². The third-order valence-electron chi connectivity index (χ3n) is 5.67. The molecule has 0 spiro atoms. The maximum absolute atomic E-state index is 6.12. The van der Waals surface area contributed by atoms with Crippen molar-refractivity contribution in [1.82, 2.24) is 19.9 Å². The highest BCUT2D eigenvalue weighted by Gasteiger charge is 2.24. The third-order valence-corrected chi connectivity index (χ3v) is 5.67. The number of aryl methyl sites for hydroxylation is 2. The Kier molecular flexibility index (Phi) is 6.59. The first-order chi connectivity index (χ1) is 15.0. The summed E-state index contributed by atoms with van der Waals surface area (Å²) in [5.74, 6) is 0.730. The second-order valence-corrected chi connectivity index (χ2v) is 8.53. The molecule has 0 saturated carbocycles. The van der Waals surface area contributed by atoms with Gasteiger partial charge in [-0.15, -0.1) is 0 Å². The molecule has 6 nitrogen and oxygen atoms in total. The van der Waals surface area contributed by atoms with Crippen LogP contribution in [0.3, 0.4) is 0 Å². The number of rotatable bonds is 6. The molecule has 31 heavy (non-hydrogen) atoms. The van der Waals surface area contributed by atoms with E-state index in [1.165, 1.54) is 16.7 Å². The highest BCUT2D eigenvalue weighted by molar-refractivity contribution is 5.33. The number of morpholine rings is 1. The van der Waals surface area contributed by atoms with Crippen molar-refractivity contribution in [2.45, 2.75) is 32.9 Å². The molecule has 0 aliphatic carbocycles. The van der Waals surface area contributed by atoms with Crippen molar-refractivity contribution >= 4 is 5.95 Å². The van der Waals surface area contributed by atoms with E-state index in [0.717, 1.165) is 49.0 Å². The van der Waals surface area contributed by atoms with Gasteiger partial charge in [-0.25, -0.2) is 9.97 Å². The number of benzene rings is 1. The van der Waals surface area contributed by atoms with Crippen LogP contribution in [-0.2, 0) is 17.7 Å². The van der Waals surface area contributed by atoms with Gasteiger partial charge in [0, 0.05) is 57.4 Å². The molecule has 3 aromatic rings. The molecule has 6 heteroatoms. The summed E-state index contributed by atoms with van der Waals surface area (Å²) in [5, 5.41) is 0. The molecule has 1 saturated heterocycles. The predicted octanol–water partition coefficient (Wildman–Crippen LogP) is 3.72. The van der Waals surface area contributed by atoms with Crippen molar-refractivity contribution in [1.29, 1.82) is 0 Å². The van der Waals surface area contributed by atoms with Crippen LogP contribution < -0.4 is 4.90 Å². The lowest BCUT2D eigenvalue weighted by atomic mass is 9.99. The van der Waals surface area contributed by atoms with Gasteiger partial charge in [-0.1, -0.05) is 24.3 Å². The fourth-order valence-electron chi connectivity index (χ4n) is 4.01. The molecule has 2 aromatic heterocycles. The monoisotopic (exact) mass is 417 g/mol. The van der Waals surface area contributed by atoms with Crippen molar-refractivity contribution in [2.24, 2.45) is 0 Å². The normalized spacial score (nSPS) is 17.0. The van der Waals surface area contributed by atoms with Gasteiger partial charge in [-0.05, 0) is 49.1 Å². The number of hydrogen-bond donors (Lipinski definition) is 0. The minimum atomic E-state index is -0.0220. The van der Waals surface area contributed by atoms with E-state index in [2.05, 4.69) is 65.1 Å². The number of ether oxygens (including phenoxy) is 1. The molecule has 4 rings (SSSR count). The van der Waals surface area contributed by atoms with Crippen LogP contribution in [0.15, 0.2) is 48.8 Å². The van der Waals surface area contributed by atoms with E-state index in [-0.39, 0.29) is 6.10 Å². The van der Waals surface area contributed by atoms with E-state index in [1.807, 2.05) is 31.4 Å². The second kappa shape index (κ2) is 9.54. The van der Waals surface area contributed by atoms with Crippen LogP contribution in [0.25, 0.3) is 0 Å². The van der Waals surface area contributed by atoms with Gasteiger partial charge in [0.1, 0.15) is 6.10 Å². The number of aromatic nitrogens is 3. The lowest BCUT2D eigenvalue weighted by Gasteiger charge is -2.32. The van der Waals surface area contributed by atoms with Crippen LogP contribution in [0.5, 0.6) is 0 Å². The molecule has 3 heterocycles. The summed E-state index contributed by atoms with van der Waals surface area (Å²) in [5.41, 5.74) is 7.13. The molecule has 162 valence electrons. The Hall–Kier alpha value is -2.83. The minimum Gasteiger partial charge on any atom is -0.369 e. The van der Waals surface area contributed by atoms with Gasteiger partial charge < -0.3 is 9.64 Å². The largest absolute Gasteiger partial charge is 0.369 e. The van der Waals surface area contributed by atoms with E-state index in [0.29, 0.717) is 6.61 Å². The Balaban J connectivity index is 1.46. The average Bonchev–Trinajstić information content (AvgIpc) is 2.76. The van der Waals surface area contributed by atoms with Gasteiger partial charge in [-0.2, -0.15) is 0 Å². The third kappa shape index (κ3) is 5.46. The second-order valence-electron chi connectivity index (χ2n) is 8.53. The summed E-state index contributed by atoms with van der Waals surface area (Å²) >= 11 is 0. The SMILES string of the molecule is Cc1cc(Cc2ccccc2C)cc(C2CN(Cc3cnc(N(C)C)nc3)CCO2)n1. The zero-order chi connectivity index (χ0) is 21.8. The molecule has 0 radical (unpaired) electrons. The van der Waals surface area contributed by atoms with Gasteiger partial charge in [0.05, 0.1) is 12.3 Å². The lowest BCUT2D eigenvalue weighted by Crippen LogP contribution is -2.38. The first-order valence-corrected chi connectivity index (χ1v) is 10.8. The summed E-state index contributed by atoms with van der Waals surface area (Å²) in [7, 11) is 3.90. The first-order valence-electron chi connectivity index (χ1n) is 10.8. The van der Waals surface area contributed by atoms with Crippen molar-refractivity contribution < 1.29 is 4.74 Å². The Morgan fingerprint density at radius 3 is 2.58 bits per heavy atom. The fourth-order valence-corrected chi connectivity index (χ4v) is 4.01. The van der Waals surface area contributed by atoms with Crippen molar-refractivity contribution in [3.05, 3.63) is 82.4 Å². The lowest BCUT2D eigenvalue weighted by molar-refractivity contribution is -0.0351. The van der Waals surface area contributed by atoms with E-state index in [9.17, 15) is 0 Å². The quantitative estimate of drug-likeness (QED) is 0.609. The maximum Gasteiger partial charge on any atom is 0.224 e. The van der Waals surface area contributed by atoms with Crippen LogP contribution in [0, 0.1) is 13.8 Å². The zero-order valence-corrected chi connectivity index (χ0v) is 18.9. The Morgan fingerprint density at radius 2 is 1.84 bits per heavy atom. The van der Waals surface area contributed by atoms with Gasteiger partial charge in [0.25, 0.3) is 0 Å². The van der Waals surface area contributed by atoms with Gasteiger partial charge in [0.2, 0.25) is 5.95 Å². The molecule has 0 amide bonds. The molecule has 0 bridgehead atoms. The first kappa shape index (κ1) is 21.4. The molecular weight excluding hydrogens is 386 g/mol. The number of hydrogen-bond acceptors (Lipinski definition) is 6. The number of nitrogens with zero attached hydrogens (tertiary/aromatic N) is 5. The maximum atomic E-state index is 6.12. The number of pyridine rings is 1. The predicted molar refractivity (Wildman–Crippen MR) is 123 cm³/mol. The summed E-state index contributed by atoms with van der Waals surface area (Å²) in [6.07, 6.45) is 4.72. The zero-order valence-electron chi connectivity index (χ0n) is 18.9. The van der Waals surface area contributed by atoms with Gasteiger partial charge in [-0.3, -0.25) is 9.88 Å². The van der Waals surface area contributed by atoms with Crippen LogP contribution in [0.4, 0.5) is 5.95 Å². The van der Waals surface area contributed by atoms with E-state index in [1.54, 1.807) is 0 Å². The van der Waals surface area contributed by atoms with E-state index in [4.69, 9.17) is 9.72 Å². The molecule has 0 N–H and O–H groups in total. The minimum absolute atomic E-state index is 0.0220. The molecule has 1 aliphatic rings. The molecule has 1 aromatic carbocycles. The van der Waals surface area contributed by atoms with Crippen LogP contribution in [0.1, 0.15) is 39.7 Å². The molecular formula is C25H31N5O. The van der Waals surface area contributed by atoms with E-state index < -0.39 is 0 Å². The van der Waals surface area contributed by atoms with Gasteiger partial charge in [0.15, 0.2) is 0 Å². The molecule has 1 aliphatic heterocycles. The van der Waals surface area contributed by atoms with Crippen molar-refractivity contribution in [3.8, 4) is 0 Å². The van der Waals surface area contributed by atoms with Crippen LogP contribution in [-0.4, -0.2) is 53.6 Å².